The predicted molar refractivity (Wildman–Crippen MR) is 77.5 cm³/mol. The van der Waals surface area contributed by atoms with Crippen LogP contribution in [-0.4, -0.2) is 28.5 Å². The number of carboxylic acid groups (broad SMARTS) is 1. The van der Waals surface area contributed by atoms with Crippen molar-refractivity contribution in [1.29, 1.82) is 0 Å². The van der Waals surface area contributed by atoms with Crippen LogP contribution in [0.15, 0.2) is 34.9 Å². The van der Waals surface area contributed by atoms with Gasteiger partial charge in [-0.15, -0.1) is 0 Å². The molecule has 0 aliphatic carbocycles. The van der Waals surface area contributed by atoms with Crippen molar-refractivity contribution in [3.05, 3.63) is 34.9 Å². The number of carboxylic acids is 1. The lowest BCUT2D eigenvalue weighted by molar-refractivity contribution is -0.141. The zero-order valence-corrected chi connectivity index (χ0v) is 12.0. The summed E-state index contributed by atoms with van der Waals surface area (Å²) >= 11 is 3.40. The van der Waals surface area contributed by atoms with Crippen molar-refractivity contribution in [3.63, 3.8) is 0 Å². The molecule has 0 spiro atoms. The number of halogens is 1. The van der Waals surface area contributed by atoms with Gasteiger partial charge in [0.1, 0.15) is 0 Å². The van der Waals surface area contributed by atoms with Crippen molar-refractivity contribution >= 4 is 44.4 Å². The highest BCUT2D eigenvalue weighted by Gasteiger charge is 2.35. The summed E-state index contributed by atoms with van der Waals surface area (Å²) < 4.78 is 0.890. The minimum Gasteiger partial charge on any atom is -0.481 e. The highest BCUT2D eigenvalue weighted by Crippen LogP contribution is 2.32. The average molecular weight is 335 g/mol. The van der Waals surface area contributed by atoms with Gasteiger partial charge < -0.3 is 10.0 Å². The second-order valence-electron chi connectivity index (χ2n) is 4.74. The van der Waals surface area contributed by atoms with E-state index in [0.29, 0.717) is 5.69 Å². The number of aromatic nitrogens is 1. The maximum absolute atomic E-state index is 12.0. The van der Waals surface area contributed by atoms with Crippen LogP contribution in [0.25, 0.3) is 10.9 Å². The number of pyridine rings is 1. The molecule has 0 saturated carbocycles. The van der Waals surface area contributed by atoms with Gasteiger partial charge in [0.05, 0.1) is 17.1 Å². The molecule has 0 bridgehead atoms. The van der Waals surface area contributed by atoms with E-state index in [1.165, 1.54) is 4.90 Å². The van der Waals surface area contributed by atoms with E-state index in [4.69, 9.17) is 5.11 Å². The Hall–Kier alpha value is -1.95. The number of fused-ring (bicyclic) bond motifs is 1. The number of carbonyl (C=O) groups excluding carboxylic acids is 1. The zero-order chi connectivity index (χ0) is 14.3. The predicted octanol–water partition coefficient (Wildman–Crippen LogP) is 2.43. The van der Waals surface area contributed by atoms with E-state index in [2.05, 4.69) is 20.9 Å². The summed E-state index contributed by atoms with van der Waals surface area (Å²) in [5, 5.41) is 9.89. The maximum Gasteiger partial charge on any atom is 0.308 e. The molecule has 5 nitrogen and oxygen atoms in total. The van der Waals surface area contributed by atoms with Gasteiger partial charge in [0, 0.05) is 29.0 Å². The van der Waals surface area contributed by atoms with Crippen LogP contribution in [-0.2, 0) is 9.59 Å². The first-order valence-electron chi connectivity index (χ1n) is 6.13. The topological polar surface area (TPSA) is 70.5 Å². The quantitative estimate of drug-likeness (QED) is 0.915. The van der Waals surface area contributed by atoms with Crippen LogP contribution in [0.2, 0.25) is 0 Å². The number of carbonyl (C=O) groups is 2. The Bertz CT molecular complexity index is 717. The molecule has 0 radical (unpaired) electrons. The zero-order valence-electron chi connectivity index (χ0n) is 10.4. The standard InChI is InChI=1S/C14H11BrN2O3/c15-9-1-2-11-10(6-9)12(3-4-16-11)17-7-8(14(19)20)5-13(17)18/h1-4,6,8H,5,7H2,(H,19,20). The van der Waals surface area contributed by atoms with Crippen LogP contribution >= 0.6 is 15.9 Å². The molecule has 2 aromatic rings. The molecular formula is C14H11BrN2O3. The van der Waals surface area contributed by atoms with Gasteiger partial charge in [0.25, 0.3) is 0 Å². The van der Waals surface area contributed by atoms with Gasteiger partial charge in [-0.3, -0.25) is 14.6 Å². The molecule has 1 atom stereocenters. The molecule has 1 aliphatic heterocycles. The fourth-order valence-electron chi connectivity index (χ4n) is 2.45. The third-order valence-corrected chi connectivity index (χ3v) is 3.94. The summed E-state index contributed by atoms with van der Waals surface area (Å²) in [6.45, 7) is 0.208. The van der Waals surface area contributed by atoms with E-state index >= 15 is 0 Å². The van der Waals surface area contributed by atoms with Crippen molar-refractivity contribution in [2.75, 3.05) is 11.4 Å². The van der Waals surface area contributed by atoms with Crippen molar-refractivity contribution in [2.24, 2.45) is 5.92 Å². The Morgan fingerprint density at radius 3 is 2.90 bits per heavy atom. The molecule has 1 N–H and O–H groups in total. The van der Waals surface area contributed by atoms with Crippen molar-refractivity contribution in [3.8, 4) is 0 Å². The molecule has 1 aliphatic rings. The average Bonchev–Trinajstić information content (AvgIpc) is 2.80. The molecule has 6 heteroatoms. The second kappa shape index (κ2) is 4.86. The van der Waals surface area contributed by atoms with Crippen molar-refractivity contribution in [2.45, 2.75) is 6.42 Å². The van der Waals surface area contributed by atoms with Crippen LogP contribution in [0, 0.1) is 5.92 Å². The van der Waals surface area contributed by atoms with Gasteiger partial charge in [-0.25, -0.2) is 0 Å². The third kappa shape index (κ3) is 2.16. The Kier molecular flexibility index (Phi) is 3.17. The highest BCUT2D eigenvalue weighted by atomic mass is 79.9. The molecule has 1 aromatic heterocycles. The number of benzene rings is 1. The number of rotatable bonds is 2. The lowest BCUT2D eigenvalue weighted by Gasteiger charge is -2.18. The summed E-state index contributed by atoms with van der Waals surface area (Å²) in [4.78, 5) is 28.9. The molecule has 1 fully saturated rings. The van der Waals surface area contributed by atoms with Crippen LogP contribution in [0.4, 0.5) is 5.69 Å². The van der Waals surface area contributed by atoms with E-state index in [1.807, 2.05) is 18.2 Å². The van der Waals surface area contributed by atoms with E-state index in [-0.39, 0.29) is 18.9 Å². The lowest BCUT2D eigenvalue weighted by atomic mass is 10.1. The molecule has 1 saturated heterocycles. The number of aliphatic carboxylic acids is 1. The van der Waals surface area contributed by atoms with Gasteiger partial charge in [0.2, 0.25) is 5.91 Å². The normalized spacial score (nSPS) is 18.8. The first-order chi connectivity index (χ1) is 9.56. The largest absolute Gasteiger partial charge is 0.481 e. The second-order valence-corrected chi connectivity index (χ2v) is 5.65. The fourth-order valence-corrected chi connectivity index (χ4v) is 2.81. The molecule has 1 amide bonds. The molecule has 1 aromatic carbocycles. The lowest BCUT2D eigenvalue weighted by Crippen LogP contribution is -2.26. The summed E-state index contributed by atoms with van der Waals surface area (Å²) in [5.74, 6) is -1.73. The summed E-state index contributed by atoms with van der Waals surface area (Å²) in [6, 6.07) is 7.37. The van der Waals surface area contributed by atoms with Gasteiger partial charge >= 0.3 is 5.97 Å². The summed E-state index contributed by atoms with van der Waals surface area (Å²) in [5.41, 5.74) is 1.49. The number of hydrogen-bond donors (Lipinski definition) is 1. The van der Waals surface area contributed by atoms with Crippen LogP contribution < -0.4 is 4.90 Å². The van der Waals surface area contributed by atoms with Gasteiger partial charge in [-0.1, -0.05) is 15.9 Å². The van der Waals surface area contributed by atoms with Gasteiger partial charge in [-0.2, -0.15) is 0 Å². The van der Waals surface area contributed by atoms with E-state index < -0.39 is 11.9 Å². The van der Waals surface area contributed by atoms with Crippen molar-refractivity contribution in [1.82, 2.24) is 4.98 Å². The minimum atomic E-state index is -0.930. The van der Waals surface area contributed by atoms with E-state index in [1.54, 1.807) is 12.3 Å². The molecule has 102 valence electrons. The Labute approximate surface area is 123 Å². The number of nitrogens with zero attached hydrogens (tertiary/aromatic N) is 2. The molecule has 1 unspecified atom stereocenters. The monoisotopic (exact) mass is 334 g/mol. The Morgan fingerprint density at radius 1 is 1.40 bits per heavy atom. The molecular weight excluding hydrogens is 324 g/mol. The fraction of sp³-hybridized carbons (Fsp3) is 0.214. The molecule has 2 heterocycles. The van der Waals surface area contributed by atoms with Crippen molar-refractivity contribution < 1.29 is 14.7 Å². The first-order valence-corrected chi connectivity index (χ1v) is 6.93. The molecule has 20 heavy (non-hydrogen) atoms. The highest BCUT2D eigenvalue weighted by molar-refractivity contribution is 9.10. The number of amides is 1. The smallest absolute Gasteiger partial charge is 0.308 e. The Morgan fingerprint density at radius 2 is 2.20 bits per heavy atom. The minimum absolute atomic E-state index is 0.0488. The van der Waals surface area contributed by atoms with Crippen LogP contribution in [0.5, 0.6) is 0 Å². The van der Waals surface area contributed by atoms with E-state index in [9.17, 15) is 9.59 Å². The number of anilines is 1. The number of hydrogen-bond acceptors (Lipinski definition) is 3. The summed E-state index contributed by atoms with van der Waals surface area (Å²) in [6.07, 6.45) is 1.68. The Balaban J connectivity index is 2.08. The van der Waals surface area contributed by atoms with E-state index in [0.717, 1.165) is 15.4 Å². The van der Waals surface area contributed by atoms with Crippen LogP contribution in [0.1, 0.15) is 6.42 Å². The summed E-state index contributed by atoms with van der Waals surface area (Å²) in [7, 11) is 0. The SMILES string of the molecule is O=C(O)C1CC(=O)N(c2ccnc3ccc(Br)cc23)C1. The van der Waals surface area contributed by atoms with Crippen LogP contribution in [0.3, 0.4) is 0 Å². The maximum atomic E-state index is 12.0. The van der Waals surface area contributed by atoms with Gasteiger partial charge in [-0.05, 0) is 24.3 Å². The third-order valence-electron chi connectivity index (χ3n) is 3.45. The first kappa shape index (κ1) is 13.1. The molecule has 3 rings (SSSR count). The van der Waals surface area contributed by atoms with Gasteiger partial charge in [0.15, 0.2) is 0 Å².